The van der Waals surface area contributed by atoms with Gasteiger partial charge in [0.15, 0.2) is 0 Å². The predicted molar refractivity (Wildman–Crippen MR) is 73.7 cm³/mol. The van der Waals surface area contributed by atoms with Gasteiger partial charge in [-0.25, -0.2) is 0 Å². The summed E-state index contributed by atoms with van der Waals surface area (Å²) in [6.07, 6.45) is 0. The smallest absolute Gasteiger partial charge is 0.254 e. The number of phenolic OH excluding ortho intramolecular Hbond substituents is 3. The summed E-state index contributed by atoms with van der Waals surface area (Å²) in [6.45, 7) is 0.357. The fraction of sp³-hybridized carbons (Fsp3) is 0.133. The largest absolute Gasteiger partial charge is 0.508 e. The standard InChI is InChI=1S/C15H15NO4/c1-16(9-10-2-4-12(17)5-3-10)15(20)11-6-13(18)8-14(19)7-11/h2-8,17-19H,9H2,1H3. The van der Waals surface area contributed by atoms with E-state index in [0.717, 1.165) is 11.6 Å². The van der Waals surface area contributed by atoms with Crippen LogP contribution in [-0.2, 0) is 6.54 Å². The fourth-order valence-corrected chi connectivity index (χ4v) is 1.89. The van der Waals surface area contributed by atoms with Gasteiger partial charge >= 0.3 is 0 Å². The minimum absolute atomic E-state index is 0.161. The zero-order chi connectivity index (χ0) is 14.7. The summed E-state index contributed by atoms with van der Waals surface area (Å²) in [5, 5.41) is 28.0. The molecule has 0 saturated carbocycles. The maximum absolute atomic E-state index is 12.2. The highest BCUT2D eigenvalue weighted by Crippen LogP contribution is 2.21. The Kier molecular flexibility index (Phi) is 3.79. The summed E-state index contributed by atoms with van der Waals surface area (Å²) in [4.78, 5) is 13.6. The number of carbonyl (C=O) groups excluding carboxylic acids is 1. The Labute approximate surface area is 116 Å². The molecule has 0 radical (unpaired) electrons. The summed E-state index contributed by atoms with van der Waals surface area (Å²) in [7, 11) is 1.62. The molecular formula is C15H15NO4. The first-order valence-electron chi connectivity index (χ1n) is 6.02. The molecule has 20 heavy (non-hydrogen) atoms. The van der Waals surface area contributed by atoms with E-state index in [-0.39, 0.29) is 28.7 Å². The van der Waals surface area contributed by atoms with Gasteiger partial charge in [0.1, 0.15) is 17.2 Å². The monoisotopic (exact) mass is 273 g/mol. The molecule has 5 nitrogen and oxygen atoms in total. The summed E-state index contributed by atoms with van der Waals surface area (Å²) in [5.41, 5.74) is 1.08. The second-order valence-electron chi connectivity index (χ2n) is 4.57. The van der Waals surface area contributed by atoms with Crippen LogP contribution >= 0.6 is 0 Å². The quantitative estimate of drug-likeness (QED) is 0.799. The molecule has 2 rings (SSSR count). The van der Waals surface area contributed by atoms with E-state index in [9.17, 15) is 20.1 Å². The lowest BCUT2D eigenvalue weighted by atomic mass is 10.1. The third-order valence-corrected chi connectivity index (χ3v) is 2.85. The lowest BCUT2D eigenvalue weighted by Crippen LogP contribution is -2.26. The van der Waals surface area contributed by atoms with Crippen LogP contribution in [0.25, 0.3) is 0 Å². The number of hydrogen-bond donors (Lipinski definition) is 3. The third kappa shape index (κ3) is 3.20. The number of rotatable bonds is 3. The lowest BCUT2D eigenvalue weighted by Gasteiger charge is -2.17. The van der Waals surface area contributed by atoms with Gasteiger partial charge < -0.3 is 20.2 Å². The number of nitrogens with zero attached hydrogens (tertiary/aromatic N) is 1. The highest BCUT2D eigenvalue weighted by Gasteiger charge is 2.14. The Morgan fingerprint density at radius 1 is 0.950 bits per heavy atom. The molecule has 0 bridgehead atoms. The van der Waals surface area contributed by atoms with Gasteiger partial charge in [-0.05, 0) is 29.8 Å². The van der Waals surface area contributed by atoms with E-state index in [4.69, 9.17) is 0 Å². The van der Waals surface area contributed by atoms with Crippen molar-refractivity contribution in [3.8, 4) is 17.2 Å². The summed E-state index contributed by atoms with van der Waals surface area (Å²) in [6, 6.07) is 10.3. The van der Waals surface area contributed by atoms with Gasteiger partial charge in [0.05, 0.1) is 0 Å². The van der Waals surface area contributed by atoms with Crippen molar-refractivity contribution in [2.24, 2.45) is 0 Å². The van der Waals surface area contributed by atoms with E-state index in [2.05, 4.69) is 0 Å². The normalized spacial score (nSPS) is 10.2. The minimum Gasteiger partial charge on any atom is -0.508 e. The molecule has 0 aliphatic rings. The van der Waals surface area contributed by atoms with Crippen molar-refractivity contribution in [2.45, 2.75) is 6.54 Å². The zero-order valence-electron chi connectivity index (χ0n) is 10.9. The summed E-state index contributed by atoms with van der Waals surface area (Å²) in [5.74, 6) is -0.470. The van der Waals surface area contributed by atoms with Crippen molar-refractivity contribution in [3.05, 3.63) is 53.6 Å². The van der Waals surface area contributed by atoms with Gasteiger partial charge in [-0.15, -0.1) is 0 Å². The first kappa shape index (κ1) is 13.7. The molecule has 2 aromatic carbocycles. The topological polar surface area (TPSA) is 81.0 Å². The van der Waals surface area contributed by atoms with Crippen LogP contribution in [0.4, 0.5) is 0 Å². The minimum atomic E-state index is -0.315. The highest BCUT2D eigenvalue weighted by atomic mass is 16.3. The predicted octanol–water partition coefficient (Wildman–Crippen LogP) is 2.08. The van der Waals surface area contributed by atoms with E-state index in [1.807, 2.05) is 0 Å². The van der Waals surface area contributed by atoms with Crippen molar-refractivity contribution in [1.29, 1.82) is 0 Å². The molecule has 3 N–H and O–H groups in total. The maximum Gasteiger partial charge on any atom is 0.254 e. The number of amides is 1. The molecule has 1 amide bonds. The molecule has 0 atom stereocenters. The second-order valence-corrected chi connectivity index (χ2v) is 4.57. The molecule has 0 aromatic heterocycles. The Bertz CT molecular complexity index is 602. The molecule has 0 spiro atoms. The zero-order valence-corrected chi connectivity index (χ0v) is 10.9. The second kappa shape index (κ2) is 5.52. The van der Waals surface area contributed by atoms with Crippen LogP contribution in [0.1, 0.15) is 15.9 Å². The third-order valence-electron chi connectivity index (χ3n) is 2.85. The highest BCUT2D eigenvalue weighted by molar-refractivity contribution is 5.94. The van der Waals surface area contributed by atoms with Gasteiger partial charge in [-0.1, -0.05) is 12.1 Å². The molecule has 0 aliphatic carbocycles. The molecule has 104 valence electrons. The van der Waals surface area contributed by atoms with Crippen LogP contribution in [-0.4, -0.2) is 33.2 Å². The van der Waals surface area contributed by atoms with Gasteiger partial charge in [-0.2, -0.15) is 0 Å². The maximum atomic E-state index is 12.2. The Morgan fingerprint density at radius 2 is 1.50 bits per heavy atom. The van der Waals surface area contributed by atoms with Crippen LogP contribution in [0.15, 0.2) is 42.5 Å². The Balaban J connectivity index is 2.14. The van der Waals surface area contributed by atoms with Crippen molar-refractivity contribution < 1.29 is 20.1 Å². The van der Waals surface area contributed by atoms with E-state index in [0.29, 0.717) is 6.54 Å². The van der Waals surface area contributed by atoms with Gasteiger partial charge in [0, 0.05) is 25.2 Å². The molecule has 5 heteroatoms. The van der Waals surface area contributed by atoms with Crippen LogP contribution in [0.3, 0.4) is 0 Å². The van der Waals surface area contributed by atoms with Crippen molar-refractivity contribution in [3.63, 3.8) is 0 Å². The van der Waals surface area contributed by atoms with Gasteiger partial charge in [-0.3, -0.25) is 4.79 Å². The van der Waals surface area contributed by atoms with Crippen molar-refractivity contribution in [1.82, 2.24) is 4.90 Å². The number of phenols is 3. The van der Waals surface area contributed by atoms with E-state index < -0.39 is 0 Å². The van der Waals surface area contributed by atoms with Crippen LogP contribution < -0.4 is 0 Å². The van der Waals surface area contributed by atoms with Gasteiger partial charge in [0.25, 0.3) is 5.91 Å². The molecule has 2 aromatic rings. The number of aromatic hydroxyl groups is 3. The van der Waals surface area contributed by atoms with E-state index >= 15 is 0 Å². The number of hydrogen-bond acceptors (Lipinski definition) is 4. The van der Waals surface area contributed by atoms with E-state index in [1.165, 1.54) is 17.0 Å². The number of benzene rings is 2. The molecule has 0 unspecified atom stereocenters. The first-order chi connectivity index (χ1) is 9.45. The van der Waals surface area contributed by atoms with Crippen LogP contribution in [0.2, 0.25) is 0 Å². The summed E-state index contributed by atoms with van der Waals surface area (Å²) >= 11 is 0. The van der Waals surface area contributed by atoms with Crippen molar-refractivity contribution >= 4 is 5.91 Å². The lowest BCUT2D eigenvalue weighted by molar-refractivity contribution is 0.0784. The first-order valence-corrected chi connectivity index (χ1v) is 6.02. The Hall–Kier alpha value is -2.69. The fourth-order valence-electron chi connectivity index (χ4n) is 1.89. The molecule has 0 heterocycles. The number of carbonyl (C=O) groups is 1. The SMILES string of the molecule is CN(Cc1ccc(O)cc1)C(=O)c1cc(O)cc(O)c1. The van der Waals surface area contributed by atoms with Crippen LogP contribution in [0.5, 0.6) is 17.2 Å². The van der Waals surface area contributed by atoms with Crippen LogP contribution in [0, 0.1) is 0 Å². The molecule has 0 aliphatic heterocycles. The molecular weight excluding hydrogens is 258 g/mol. The summed E-state index contributed by atoms with van der Waals surface area (Å²) < 4.78 is 0. The molecule has 0 fully saturated rings. The van der Waals surface area contributed by atoms with Gasteiger partial charge in [0.2, 0.25) is 0 Å². The van der Waals surface area contributed by atoms with Crippen molar-refractivity contribution in [2.75, 3.05) is 7.05 Å². The molecule has 0 saturated heterocycles. The average Bonchev–Trinajstić information content (AvgIpc) is 2.39. The Morgan fingerprint density at radius 3 is 2.05 bits per heavy atom. The average molecular weight is 273 g/mol. The van der Waals surface area contributed by atoms with E-state index in [1.54, 1.807) is 31.3 Å².